The second kappa shape index (κ2) is 7.49. The highest BCUT2D eigenvalue weighted by Gasteiger charge is 1.96. The fourth-order valence-corrected chi connectivity index (χ4v) is 1.44. The SMILES string of the molecule is CCCCNC(=S)Nc1ccc(N=[N+]=[N-])cc1. The van der Waals surface area contributed by atoms with Crippen LogP contribution < -0.4 is 10.6 Å². The molecule has 0 aromatic heterocycles. The van der Waals surface area contributed by atoms with Crippen LogP contribution in [0.25, 0.3) is 10.4 Å². The smallest absolute Gasteiger partial charge is 0.170 e. The Kier molecular flexibility index (Phi) is 5.85. The molecule has 0 unspecified atom stereocenters. The van der Waals surface area contributed by atoms with Crippen LogP contribution in [0.5, 0.6) is 0 Å². The molecule has 6 heteroatoms. The molecule has 0 aliphatic heterocycles. The van der Waals surface area contributed by atoms with Crippen LogP contribution >= 0.6 is 12.2 Å². The van der Waals surface area contributed by atoms with E-state index in [9.17, 15) is 0 Å². The Hall–Kier alpha value is -1.78. The first kappa shape index (κ1) is 13.3. The molecule has 5 nitrogen and oxygen atoms in total. The van der Waals surface area contributed by atoms with Crippen molar-refractivity contribution in [3.8, 4) is 0 Å². The number of benzene rings is 1. The number of hydrogen-bond acceptors (Lipinski definition) is 2. The van der Waals surface area contributed by atoms with Crippen molar-refractivity contribution in [1.29, 1.82) is 0 Å². The summed E-state index contributed by atoms with van der Waals surface area (Å²) >= 11 is 5.13. The number of hydrogen-bond donors (Lipinski definition) is 2. The van der Waals surface area contributed by atoms with Crippen LogP contribution in [0.3, 0.4) is 0 Å². The Morgan fingerprint density at radius 3 is 2.71 bits per heavy atom. The van der Waals surface area contributed by atoms with Gasteiger partial charge in [-0.3, -0.25) is 0 Å². The lowest BCUT2D eigenvalue weighted by atomic mass is 10.3. The van der Waals surface area contributed by atoms with E-state index in [0.29, 0.717) is 10.8 Å². The zero-order chi connectivity index (χ0) is 12.5. The van der Waals surface area contributed by atoms with Crippen molar-refractivity contribution in [2.45, 2.75) is 19.8 Å². The van der Waals surface area contributed by atoms with Gasteiger partial charge in [0.05, 0.1) is 0 Å². The number of azide groups is 1. The second-order valence-electron chi connectivity index (χ2n) is 3.47. The van der Waals surface area contributed by atoms with Gasteiger partial charge in [0.25, 0.3) is 0 Å². The van der Waals surface area contributed by atoms with Crippen molar-refractivity contribution in [3.63, 3.8) is 0 Å². The van der Waals surface area contributed by atoms with E-state index in [0.717, 1.165) is 25.1 Å². The molecule has 1 rings (SSSR count). The highest BCUT2D eigenvalue weighted by molar-refractivity contribution is 7.80. The van der Waals surface area contributed by atoms with Gasteiger partial charge in [0.15, 0.2) is 5.11 Å². The maximum atomic E-state index is 8.27. The van der Waals surface area contributed by atoms with E-state index in [1.54, 1.807) is 12.1 Å². The molecule has 0 fully saturated rings. The van der Waals surface area contributed by atoms with Crippen molar-refractivity contribution in [2.24, 2.45) is 5.11 Å². The lowest BCUT2D eigenvalue weighted by Crippen LogP contribution is -2.29. The van der Waals surface area contributed by atoms with Gasteiger partial charge in [-0.2, -0.15) is 0 Å². The first-order valence-corrected chi connectivity index (χ1v) is 5.87. The fourth-order valence-electron chi connectivity index (χ4n) is 1.22. The van der Waals surface area contributed by atoms with Crippen molar-refractivity contribution >= 4 is 28.7 Å². The standard InChI is InChI=1S/C11H15N5S/c1-2-3-8-13-11(17)14-9-4-6-10(7-5-9)15-16-12/h4-7H,2-3,8H2,1H3,(H2,13,14,17). The van der Waals surface area contributed by atoms with Crippen LogP contribution in [-0.4, -0.2) is 11.7 Å². The molecule has 90 valence electrons. The van der Waals surface area contributed by atoms with Crippen LogP contribution in [0.15, 0.2) is 29.4 Å². The minimum atomic E-state index is 0.586. The van der Waals surface area contributed by atoms with Gasteiger partial charge in [-0.25, -0.2) is 0 Å². The Balaban J connectivity index is 2.45. The summed E-state index contributed by atoms with van der Waals surface area (Å²) in [7, 11) is 0. The average Bonchev–Trinajstić information content (AvgIpc) is 2.32. The molecule has 0 aliphatic rings. The highest BCUT2D eigenvalue weighted by atomic mass is 32.1. The van der Waals surface area contributed by atoms with E-state index in [2.05, 4.69) is 27.6 Å². The van der Waals surface area contributed by atoms with Crippen molar-refractivity contribution in [1.82, 2.24) is 5.32 Å². The topological polar surface area (TPSA) is 72.8 Å². The summed E-state index contributed by atoms with van der Waals surface area (Å²) in [6.45, 7) is 3.01. The van der Waals surface area contributed by atoms with Gasteiger partial charge >= 0.3 is 0 Å². The molecule has 0 radical (unpaired) electrons. The molecule has 0 saturated carbocycles. The highest BCUT2D eigenvalue weighted by Crippen LogP contribution is 2.16. The Bertz CT molecular complexity index is 408. The Morgan fingerprint density at radius 1 is 1.41 bits per heavy atom. The molecule has 0 saturated heterocycles. The van der Waals surface area contributed by atoms with Crippen LogP contribution in [0.2, 0.25) is 0 Å². The molecular weight excluding hydrogens is 234 g/mol. The zero-order valence-electron chi connectivity index (χ0n) is 9.68. The molecule has 1 aromatic rings. The van der Waals surface area contributed by atoms with Gasteiger partial charge in [0.2, 0.25) is 0 Å². The third-order valence-electron chi connectivity index (χ3n) is 2.10. The van der Waals surface area contributed by atoms with Gasteiger partial charge in [0, 0.05) is 22.8 Å². The van der Waals surface area contributed by atoms with E-state index < -0.39 is 0 Å². The zero-order valence-corrected chi connectivity index (χ0v) is 10.5. The van der Waals surface area contributed by atoms with E-state index in [-0.39, 0.29) is 0 Å². The minimum Gasteiger partial charge on any atom is -0.362 e. The summed E-state index contributed by atoms with van der Waals surface area (Å²) in [6.07, 6.45) is 2.23. The first-order chi connectivity index (χ1) is 8.26. The van der Waals surface area contributed by atoms with Crippen molar-refractivity contribution < 1.29 is 0 Å². The number of nitrogens with zero attached hydrogens (tertiary/aromatic N) is 3. The van der Waals surface area contributed by atoms with Crippen LogP contribution in [-0.2, 0) is 0 Å². The molecule has 0 heterocycles. The second-order valence-corrected chi connectivity index (χ2v) is 3.88. The summed E-state index contributed by atoms with van der Waals surface area (Å²) in [5.74, 6) is 0. The molecule has 2 N–H and O–H groups in total. The molecular formula is C11H15N5S. The number of rotatable bonds is 5. The summed E-state index contributed by atoms with van der Waals surface area (Å²) in [4.78, 5) is 2.71. The monoisotopic (exact) mass is 249 g/mol. The van der Waals surface area contributed by atoms with Crippen LogP contribution in [0.1, 0.15) is 19.8 Å². The number of unbranched alkanes of at least 4 members (excludes halogenated alkanes) is 1. The molecule has 0 atom stereocenters. The lowest BCUT2D eigenvalue weighted by Gasteiger charge is -2.09. The average molecular weight is 249 g/mol. The number of thiocarbonyl (C=S) groups is 1. The first-order valence-electron chi connectivity index (χ1n) is 5.46. The van der Waals surface area contributed by atoms with Crippen LogP contribution in [0.4, 0.5) is 11.4 Å². The fraction of sp³-hybridized carbons (Fsp3) is 0.364. The summed E-state index contributed by atoms with van der Waals surface area (Å²) < 4.78 is 0. The Morgan fingerprint density at radius 2 is 2.12 bits per heavy atom. The predicted molar refractivity (Wildman–Crippen MR) is 74.4 cm³/mol. The summed E-state index contributed by atoms with van der Waals surface area (Å²) in [5.41, 5.74) is 9.72. The summed E-state index contributed by atoms with van der Waals surface area (Å²) in [6, 6.07) is 7.10. The third-order valence-corrected chi connectivity index (χ3v) is 2.35. The van der Waals surface area contributed by atoms with Crippen LogP contribution in [0, 0.1) is 0 Å². The van der Waals surface area contributed by atoms with Gasteiger partial charge in [-0.1, -0.05) is 30.6 Å². The minimum absolute atomic E-state index is 0.586. The largest absolute Gasteiger partial charge is 0.362 e. The van der Waals surface area contributed by atoms with Crippen molar-refractivity contribution in [3.05, 3.63) is 34.7 Å². The molecule has 1 aromatic carbocycles. The molecule has 0 spiro atoms. The van der Waals surface area contributed by atoms with Gasteiger partial charge in [-0.05, 0) is 36.3 Å². The molecule has 0 bridgehead atoms. The maximum absolute atomic E-state index is 8.27. The van der Waals surface area contributed by atoms with E-state index in [4.69, 9.17) is 17.7 Å². The van der Waals surface area contributed by atoms with E-state index >= 15 is 0 Å². The van der Waals surface area contributed by atoms with E-state index in [1.807, 2.05) is 12.1 Å². The van der Waals surface area contributed by atoms with Crippen molar-refractivity contribution in [2.75, 3.05) is 11.9 Å². The Labute approximate surface area is 106 Å². The summed E-state index contributed by atoms with van der Waals surface area (Å²) in [5, 5.41) is 10.3. The van der Waals surface area contributed by atoms with Gasteiger partial charge in [-0.15, -0.1) is 0 Å². The predicted octanol–water partition coefficient (Wildman–Crippen LogP) is 3.71. The lowest BCUT2D eigenvalue weighted by molar-refractivity contribution is 0.758. The normalized spacial score (nSPS) is 9.24. The number of anilines is 1. The number of nitrogens with one attached hydrogen (secondary N) is 2. The third kappa shape index (κ3) is 5.19. The maximum Gasteiger partial charge on any atom is 0.170 e. The molecule has 0 aliphatic carbocycles. The molecule has 17 heavy (non-hydrogen) atoms. The van der Waals surface area contributed by atoms with E-state index in [1.165, 1.54) is 0 Å². The molecule has 0 amide bonds. The van der Waals surface area contributed by atoms with Gasteiger partial charge < -0.3 is 10.6 Å². The van der Waals surface area contributed by atoms with Gasteiger partial charge in [0.1, 0.15) is 0 Å². The quantitative estimate of drug-likeness (QED) is 0.274.